The van der Waals surface area contributed by atoms with E-state index in [1.807, 2.05) is 30.3 Å². The van der Waals surface area contributed by atoms with Crippen LogP contribution in [-0.2, 0) is 5.72 Å². The van der Waals surface area contributed by atoms with Crippen LogP contribution in [-0.4, -0.2) is 47.9 Å². The molecule has 1 atom stereocenters. The monoisotopic (exact) mass is 385 g/mol. The summed E-state index contributed by atoms with van der Waals surface area (Å²) in [6, 6.07) is 13.9. The van der Waals surface area contributed by atoms with Crippen molar-refractivity contribution in [3.63, 3.8) is 0 Å². The summed E-state index contributed by atoms with van der Waals surface area (Å²) in [5.74, 6) is 2.57. The zero-order valence-electron chi connectivity index (χ0n) is 15.9. The van der Waals surface area contributed by atoms with Gasteiger partial charge >= 0.3 is 5.17 Å². The summed E-state index contributed by atoms with van der Waals surface area (Å²) in [6.07, 6.45) is 1.05. The van der Waals surface area contributed by atoms with Gasteiger partial charge in [0.2, 0.25) is 0 Å². The first kappa shape index (κ1) is 18.2. The zero-order valence-corrected chi connectivity index (χ0v) is 16.8. The van der Waals surface area contributed by atoms with Crippen LogP contribution >= 0.6 is 11.8 Å². The fraction of sp³-hybridized carbons (Fsp3) is 0.381. The van der Waals surface area contributed by atoms with E-state index in [4.69, 9.17) is 9.47 Å². The van der Waals surface area contributed by atoms with E-state index >= 15 is 0 Å². The number of nitrogens with zero attached hydrogens (tertiary/aromatic N) is 2. The second-order valence-corrected chi connectivity index (χ2v) is 8.00. The third-order valence-electron chi connectivity index (χ3n) is 5.23. The summed E-state index contributed by atoms with van der Waals surface area (Å²) in [6.45, 7) is 3.33. The summed E-state index contributed by atoms with van der Waals surface area (Å²) in [5.41, 5.74) is 1.94. The quantitative estimate of drug-likeness (QED) is 0.819. The van der Waals surface area contributed by atoms with E-state index in [9.17, 15) is 5.11 Å². The van der Waals surface area contributed by atoms with Crippen LogP contribution in [0.4, 0.5) is 5.69 Å². The zero-order chi connectivity index (χ0) is 19.0. The maximum Gasteiger partial charge on any atom is 0.316 e. The number of aliphatic hydroxyl groups is 1. The molecule has 1 N–H and O–H groups in total. The molecule has 2 aromatic rings. The molecule has 0 fully saturated rings. The van der Waals surface area contributed by atoms with Crippen LogP contribution in [0.25, 0.3) is 0 Å². The first-order chi connectivity index (χ1) is 13.1. The van der Waals surface area contributed by atoms with Crippen molar-refractivity contribution < 1.29 is 19.2 Å². The molecular formula is C21H25N2O3S+. The molecule has 4 rings (SSSR count). The number of hydrogen-bond donors (Lipinski definition) is 1. The molecule has 27 heavy (non-hydrogen) atoms. The number of methoxy groups -OCH3 is 2. The fourth-order valence-corrected chi connectivity index (χ4v) is 4.94. The molecule has 0 amide bonds. The Morgan fingerprint density at radius 1 is 1.11 bits per heavy atom. The minimum absolute atomic E-state index is 0.446. The van der Waals surface area contributed by atoms with Gasteiger partial charge < -0.3 is 14.6 Å². The molecule has 2 heterocycles. The van der Waals surface area contributed by atoms with Gasteiger partial charge in [0, 0.05) is 17.4 Å². The van der Waals surface area contributed by atoms with Gasteiger partial charge in [-0.15, -0.1) is 0 Å². The Labute approximate surface area is 164 Å². The van der Waals surface area contributed by atoms with Gasteiger partial charge in [-0.2, -0.15) is 0 Å². The number of thioether (sulfide) groups is 1. The third kappa shape index (κ3) is 3.07. The van der Waals surface area contributed by atoms with E-state index in [1.54, 1.807) is 26.0 Å². The Balaban J connectivity index is 1.82. The Morgan fingerprint density at radius 2 is 1.89 bits per heavy atom. The number of aryl methyl sites for hydroxylation is 1. The number of anilines is 1. The lowest BCUT2D eigenvalue weighted by Gasteiger charge is -2.24. The molecule has 0 saturated heterocycles. The molecule has 0 bridgehead atoms. The highest BCUT2D eigenvalue weighted by molar-refractivity contribution is 8.13. The van der Waals surface area contributed by atoms with Crippen LogP contribution in [0.5, 0.6) is 11.5 Å². The Bertz CT molecular complexity index is 881. The molecule has 0 spiro atoms. The fourth-order valence-electron chi connectivity index (χ4n) is 3.76. The van der Waals surface area contributed by atoms with Crippen molar-refractivity contribution in [2.24, 2.45) is 0 Å². The number of amidine groups is 1. The minimum atomic E-state index is -1.06. The summed E-state index contributed by atoms with van der Waals surface area (Å²) in [7, 11) is 3.33. The topological polar surface area (TPSA) is 44.9 Å². The molecule has 2 aromatic carbocycles. The van der Waals surface area contributed by atoms with Crippen molar-refractivity contribution in [2.45, 2.75) is 19.1 Å². The van der Waals surface area contributed by atoms with Crippen LogP contribution < -0.4 is 14.4 Å². The van der Waals surface area contributed by atoms with Crippen LogP contribution in [0.2, 0.25) is 0 Å². The van der Waals surface area contributed by atoms with Crippen LogP contribution in [0, 0.1) is 6.92 Å². The van der Waals surface area contributed by atoms with Gasteiger partial charge in [-0.3, -0.25) is 0 Å². The highest BCUT2D eigenvalue weighted by Crippen LogP contribution is 2.41. The maximum absolute atomic E-state index is 11.7. The number of rotatable bonds is 4. The third-order valence-corrected chi connectivity index (χ3v) is 6.43. The van der Waals surface area contributed by atoms with Crippen LogP contribution in [0.3, 0.4) is 0 Å². The van der Waals surface area contributed by atoms with Crippen molar-refractivity contribution in [2.75, 3.05) is 38.0 Å². The van der Waals surface area contributed by atoms with E-state index in [0.717, 1.165) is 46.6 Å². The van der Waals surface area contributed by atoms with Crippen LogP contribution in [0.1, 0.15) is 17.5 Å². The van der Waals surface area contributed by atoms with Gasteiger partial charge in [0.15, 0.2) is 18.0 Å². The molecule has 0 unspecified atom stereocenters. The SMILES string of the molecule is COc1ccc(OC)c(N2C[C@](O)(c3ccc(C)cc3)[N+]3=C2SCCC3)c1. The maximum atomic E-state index is 11.7. The lowest BCUT2D eigenvalue weighted by Crippen LogP contribution is -2.41. The Hall–Kier alpha value is -2.18. The van der Waals surface area contributed by atoms with Gasteiger partial charge in [0.05, 0.1) is 20.8 Å². The molecule has 2 aliphatic rings. The van der Waals surface area contributed by atoms with Gasteiger partial charge in [-0.1, -0.05) is 29.8 Å². The second-order valence-electron chi connectivity index (χ2n) is 6.94. The van der Waals surface area contributed by atoms with Gasteiger partial charge in [-0.25, -0.2) is 9.48 Å². The molecule has 6 heteroatoms. The Kier molecular flexibility index (Phi) is 4.78. The lowest BCUT2D eigenvalue weighted by atomic mass is 10.0. The number of ether oxygens (including phenoxy) is 2. The number of β-amino-alcohol motifs (C(OH)–C–C–N with tert-alkyl or cyclic N) is 1. The van der Waals surface area contributed by atoms with E-state index in [-0.39, 0.29) is 0 Å². The highest BCUT2D eigenvalue weighted by Gasteiger charge is 2.53. The number of hydrogen-bond acceptors (Lipinski definition) is 5. The molecule has 0 aliphatic carbocycles. The normalized spacial score (nSPS) is 22.0. The first-order valence-electron chi connectivity index (χ1n) is 9.13. The largest absolute Gasteiger partial charge is 0.497 e. The van der Waals surface area contributed by atoms with Crippen molar-refractivity contribution in [1.82, 2.24) is 0 Å². The standard InChI is InChI=1S/C21H25N2O3S/c1-15-5-7-16(8-6-15)21(24)14-22(20-23(21)11-4-12-27-20)18-13-17(25-2)9-10-19(18)26-3/h5-10,13,24H,4,11-12,14H2,1-3H3/q+1/t21-/m0/s1. The van der Waals surface area contributed by atoms with Crippen molar-refractivity contribution in [1.29, 1.82) is 0 Å². The minimum Gasteiger partial charge on any atom is -0.497 e. The summed E-state index contributed by atoms with van der Waals surface area (Å²) < 4.78 is 13.2. The van der Waals surface area contributed by atoms with E-state index in [1.165, 1.54) is 5.56 Å². The molecule has 5 nitrogen and oxygen atoms in total. The molecule has 2 aliphatic heterocycles. The first-order valence-corrected chi connectivity index (χ1v) is 10.1. The average Bonchev–Trinajstić information content (AvgIpc) is 3.02. The van der Waals surface area contributed by atoms with Gasteiger partial charge in [0.1, 0.15) is 5.75 Å². The lowest BCUT2D eigenvalue weighted by molar-refractivity contribution is -0.656. The molecule has 0 radical (unpaired) electrons. The highest BCUT2D eigenvalue weighted by atomic mass is 32.2. The predicted molar refractivity (Wildman–Crippen MR) is 109 cm³/mol. The van der Waals surface area contributed by atoms with Crippen molar-refractivity contribution >= 4 is 22.6 Å². The number of benzene rings is 2. The average molecular weight is 386 g/mol. The molecular weight excluding hydrogens is 360 g/mol. The van der Waals surface area contributed by atoms with Gasteiger partial charge in [0.25, 0.3) is 5.72 Å². The van der Waals surface area contributed by atoms with E-state index in [2.05, 4.69) is 28.5 Å². The van der Waals surface area contributed by atoms with Crippen molar-refractivity contribution in [3.8, 4) is 11.5 Å². The summed E-state index contributed by atoms with van der Waals surface area (Å²) in [5, 5.41) is 12.8. The summed E-state index contributed by atoms with van der Waals surface area (Å²) >= 11 is 1.78. The molecule has 0 aromatic heterocycles. The predicted octanol–water partition coefficient (Wildman–Crippen LogP) is 3.18. The van der Waals surface area contributed by atoms with Gasteiger partial charge in [-0.05, 0) is 37.2 Å². The molecule has 0 saturated carbocycles. The second kappa shape index (κ2) is 7.09. The van der Waals surface area contributed by atoms with E-state index < -0.39 is 5.72 Å². The van der Waals surface area contributed by atoms with Crippen molar-refractivity contribution in [3.05, 3.63) is 53.6 Å². The van der Waals surface area contributed by atoms with Crippen LogP contribution in [0.15, 0.2) is 42.5 Å². The smallest absolute Gasteiger partial charge is 0.316 e. The van der Waals surface area contributed by atoms with E-state index in [0.29, 0.717) is 6.54 Å². The summed E-state index contributed by atoms with van der Waals surface area (Å²) in [4.78, 5) is 2.16. The molecule has 142 valence electrons. The Morgan fingerprint density at radius 3 is 2.59 bits per heavy atom.